The van der Waals surface area contributed by atoms with Crippen LogP contribution in [0.2, 0.25) is 0 Å². The number of anilines is 1. The number of hydrogen-bond donors (Lipinski definition) is 1. The fourth-order valence-corrected chi connectivity index (χ4v) is 3.79. The average molecular weight is 367 g/mol. The van der Waals surface area contributed by atoms with Gasteiger partial charge in [0.05, 0.1) is 6.61 Å². The lowest BCUT2D eigenvalue weighted by molar-refractivity contribution is -0.116. The number of nitrogens with one attached hydrogen (secondary N) is 1. The summed E-state index contributed by atoms with van der Waals surface area (Å²) in [6, 6.07) is 7.67. The highest BCUT2D eigenvalue weighted by molar-refractivity contribution is 5.99. The Morgan fingerprint density at radius 1 is 1.19 bits per heavy atom. The van der Waals surface area contributed by atoms with E-state index in [0.717, 1.165) is 48.5 Å². The van der Waals surface area contributed by atoms with Crippen LogP contribution in [0.4, 0.5) is 5.95 Å². The van der Waals surface area contributed by atoms with Crippen molar-refractivity contribution < 1.29 is 9.53 Å². The van der Waals surface area contributed by atoms with Crippen molar-refractivity contribution in [3.05, 3.63) is 41.1 Å². The van der Waals surface area contributed by atoms with E-state index in [0.29, 0.717) is 12.4 Å². The highest BCUT2D eigenvalue weighted by Gasteiger charge is 2.36. The van der Waals surface area contributed by atoms with Gasteiger partial charge in [0.2, 0.25) is 5.95 Å². The van der Waals surface area contributed by atoms with Crippen LogP contribution in [-0.4, -0.2) is 32.6 Å². The van der Waals surface area contributed by atoms with Gasteiger partial charge in [0.25, 0.3) is 0 Å². The monoisotopic (exact) mass is 367 g/mol. The van der Waals surface area contributed by atoms with Gasteiger partial charge in [0.15, 0.2) is 5.78 Å². The molecule has 1 unspecified atom stereocenters. The molecule has 0 fully saturated rings. The Balaban J connectivity index is 1.55. The molecular formula is C20H25N5O2. The fraction of sp³-hybridized carbons (Fsp3) is 0.500. The number of aromatic nitrogens is 4. The van der Waals surface area contributed by atoms with Crippen LogP contribution in [-0.2, 0) is 4.79 Å². The molecule has 1 aliphatic carbocycles. The molecule has 1 aliphatic heterocycles. The van der Waals surface area contributed by atoms with Gasteiger partial charge >= 0.3 is 0 Å². The maximum absolute atomic E-state index is 12.6. The Hall–Kier alpha value is -2.70. The first-order valence-corrected chi connectivity index (χ1v) is 9.82. The highest BCUT2D eigenvalue weighted by atomic mass is 16.5. The Labute approximate surface area is 158 Å². The molecule has 0 radical (unpaired) electrons. The predicted octanol–water partition coefficient (Wildman–Crippen LogP) is 3.65. The fourth-order valence-electron chi connectivity index (χ4n) is 3.79. The van der Waals surface area contributed by atoms with Crippen LogP contribution in [0.1, 0.15) is 63.5 Å². The number of unbranched alkanes of at least 4 members (excludes halogenated alkanes) is 3. The summed E-state index contributed by atoms with van der Waals surface area (Å²) in [6.07, 6.45) is 7.03. The van der Waals surface area contributed by atoms with Gasteiger partial charge in [0, 0.05) is 17.7 Å². The number of Topliss-reactive ketones (excluding diaryl/α,β-unsaturated/α-hetero) is 1. The number of allylic oxidation sites excluding steroid dienone is 2. The minimum atomic E-state index is -0.280. The summed E-state index contributed by atoms with van der Waals surface area (Å²) in [6.45, 7) is 2.94. The van der Waals surface area contributed by atoms with Crippen LogP contribution in [0.3, 0.4) is 0 Å². The van der Waals surface area contributed by atoms with E-state index in [9.17, 15) is 4.79 Å². The minimum Gasteiger partial charge on any atom is -0.494 e. The topological polar surface area (TPSA) is 81.9 Å². The number of hydrogen-bond acceptors (Lipinski definition) is 6. The van der Waals surface area contributed by atoms with Gasteiger partial charge in [-0.2, -0.15) is 4.68 Å². The molecule has 1 atom stereocenters. The van der Waals surface area contributed by atoms with Crippen LogP contribution in [0, 0.1) is 0 Å². The molecular weight excluding hydrogens is 342 g/mol. The van der Waals surface area contributed by atoms with Crippen LogP contribution in [0.25, 0.3) is 0 Å². The van der Waals surface area contributed by atoms with Gasteiger partial charge in [-0.25, -0.2) is 0 Å². The molecule has 0 amide bonds. The molecule has 1 N–H and O–H groups in total. The molecule has 2 aromatic rings. The second-order valence-corrected chi connectivity index (χ2v) is 7.12. The van der Waals surface area contributed by atoms with Crippen molar-refractivity contribution >= 4 is 11.7 Å². The molecule has 0 bridgehead atoms. The molecule has 1 aromatic heterocycles. The number of rotatable bonds is 7. The first kappa shape index (κ1) is 17.7. The summed E-state index contributed by atoms with van der Waals surface area (Å²) in [7, 11) is 0. The Morgan fingerprint density at radius 3 is 2.85 bits per heavy atom. The molecule has 142 valence electrons. The molecule has 7 nitrogen and oxygen atoms in total. The average Bonchev–Trinajstić information content (AvgIpc) is 3.15. The van der Waals surface area contributed by atoms with Crippen LogP contribution < -0.4 is 10.1 Å². The van der Waals surface area contributed by atoms with Crippen molar-refractivity contribution in [2.45, 2.75) is 57.9 Å². The van der Waals surface area contributed by atoms with E-state index in [-0.39, 0.29) is 11.8 Å². The third-order valence-electron chi connectivity index (χ3n) is 5.19. The number of tetrazole rings is 1. The maximum atomic E-state index is 12.6. The van der Waals surface area contributed by atoms with Crippen molar-refractivity contribution in [1.29, 1.82) is 0 Å². The smallest absolute Gasteiger partial charge is 0.248 e. The third-order valence-corrected chi connectivity index (χ3v) is 5.19. The van der Waals surface area contributed by atoms with Gasteiger partial charge in [-0.05, 0) is 47.4 Å². The van der Waals surface area contributed by atoms with Crippen molar-refractivity contribution in [1.82, 2.24) is 20.2 Å². The number of carbonyl (C=O) groups is 1. The molecule has 0 saturated carbocycles. The maximum Gasteiger partial charge on any atom is 0.248 e. The standard InChI is InChI=1S/C20H25N5O2/c1-2-3-4-5-13-27-15-11-9-14(10-12-15)19-18-16(7-6-8-17(18)26)21-20-22-23-24-25(19)20/h9-12,19H,2-8,13H2,1H3,(H,21,22,24). The minimum absolute atomic E-state index is 0.172. The van der Waals surface area contributed by atoms with Crippen molar-refractivity contribution in [2.24, 2.45) is 0 Å². The number of fused-ring (bicyclic) bond motifs is 1. The summed E-state index contributed by atoms with van der Waals surface area (Å²) in [4.78, 5) is 12.6. The number of nitrogens with zero attached hydrogens (tertiary/aromatic N) is 4. The van der Waals surface area contributed by atoms with E-state index in [1.165, 1.54) is 19.3 Å². The lowest BCUT2D eigenvalue weighted by Crippen LogP contribution is -2.31. The van der Waals surface area contributed by atoms with E-state index in [1.54, 1.807) is 4.68 Å². The third kappa shape index (κ3) is 3.59. The van der Waals surface area contributed by atoms with Gasteiger partial charge in [-0.15, -0.1) is 0 Å². The van der Waals surface area contributed by atoms with E-state index < -0.39 is 0 Å². The van der Waals surface area contributed by atoms with Gasteiger partial charge in [0.1, 0.15) is 11.8 Å². The summed E-state index contributed by atoms with van der Waals surface area (Å²) in [5.41, 5.74) is 2.73. The van der Waals surface area contributed by atoms with Crippen LogP contribution >= 0.6 is 0 Å². The zero-order chi connectivity index (χ0) is 18.6. The second kappa shape index (κ2) is 7.90. The zero-order valence-electron chi connectivity index (χ0n) is 15.6. The van der Waals surface area contributed by atoms with E-state index >= 15 is 0 Å². The molecule has 0 saturated heterocycles. The number of ketones is 1. The second-order valence-electron chi connectivity index (χ2n) is 7.12. The molecule has 1 aromatic carbocycles. The van der Waals surface area contributed by atoms with Crippen LogP contribution in [0.15, 0.2) is 35.5 Å². The molecule has 7 heteroatoms. The van der Waals surface area contributed by atoms with E-state index in [4.69, 9.17) is 4.74 Å². The van der Waals surface area contributed by atoms with Crippen molar-refractivity contribution in [3.8, 4) is 5.75 Å². The largest absolute Gasteiger partial charge is 0.494 e. The van der Waals surface area contributed by atoms with Crippen molar-refractivity contribution in [3.63, 3.8) is 0 Å². The molecule has 0 spiro atoms. The summed E-state index contributed by atoms with van der Waals surface area (Å²) >= 11 is 0. The molecule has 2 heterocycles. The number of carbonyl (C=O) groups excluding carboxylic acids is 1. The Bertz CT molecular complexity index is 840. The Kier molecular flexibility index (Phi) is 5.18. The summed E-state index contributed by atoms with van der Waals surface area (Å²) in [5, 5.41) is 15.2. The number of benzene rings is 1. The quantitative estimate of drug-likeness (QED) is 0.752. The molecule has 4 rings (SSSR count). The highest BCUT2D eigenvalue weighted by Crippen LogP contribution is 2.39. The lowest BCUT2D eigenvalue weighted by atomic mass is 9.85. The zero-order valence-corrected chi connectivity index (χ0v) is 15.6. The SMILES string of the molecule is CCCCCCOc1ccc(C2C3=C(CCCC3=O)Nc3nnnn32)cc1. The normalized spacial score (nSPS) is 18.7. The summed E-state index contributed by atoms with van der Waals surface area (Å²) < 4.78 is 7.54. The van der Waals surface area contributed by atoms with Crippen molar-refractivity contribution in [2.75, 3.05) is 11.9 Å². The number of ether oxygens (including phenoxy) is 1. The van der Waals surface area contributed by atoms with Gasteiger partial charge < -0.3 is 10.1 Å². The lowest BCUT2D eigenvalue weighted by Gasteiger charge is -2.31. The van der Waals surface area contributed by atoms with E-state index in [2.05, 4.69) is 27.8 Å². The molecule has 2 aliphatic rings. The van der Waals surface area contributed by atoms with E-state index in [1.807, 2.05) is 24.3 Å². The van der Waals surface area contributed by atoms with Crippen LogP contribution in [0.5, 0.6) is 5.75 Å². The first-order chi connectivity index (χ1) is 13.3. The predicted molar refractivity (Wildman–Crippen MR) is 102 cm³/mol. The van der Waals surface area contributed by atoms with Gasteiger partial charge in [-0.1, -0.05) is 43.4 Å². The molecule has 27 heavy (non-hydrogen) atoms. The summed E-state index contributed by atoms with van der Waals surface area (Å²) in [5.74, 6) is 1.61. The Morgan fingerprint density at radius 2 is 2.04 bits per heavy atom. The van der Waals surface area contributed by atoms with Gasteiger partial charge in [-0.3, -0.25) is 4.79 Å². The first-order valence-electron chi connectivity index (χ1n) is 9.82.